The first-order valence-corrected chi connectivity index (χ1v) is 6.57. The molecule has 0 aliphatic carbocycles. The van der Waals surface area contributed by atoms with E-state index in [-0.39, 0.29) is 11.9 Å². The number of hydrogen-bond acceptors (Lipinski definition) is 6. The van der Waals surface area contributed by atoms with Crippen LogP contribution in [0.5, 0.6) is 0 Å². The highest BCUT2D eigenvalue weighted by atomic mass is 16.5. The number of ether oxygens (including phenoxy) is 1. The molecule has 0 bridgehead atoms. The van der Waals surface area contributed by atoms with E-state index in [1.54, 1.807) is 24.3 Å². The van der Waals surface area contributed by atoms with Crippen LogP contribution in [0.15, 0.2) is 28.8 Å². The highest BCUT2D eigenvalue weighted by molar-refractivity contribution is 5.76. The summed E-state index contributed by atoms with van der Waals surface area (Å²) >= 11 is 0. The number of hydrogen-bond donors (Lipinski definition) is 0. The second-order valence-electron chi connectivity index (χ2n) is 4.84. The molecule has 0 saturated carbocycles. The van der Waals surface area contributed by atoms with Crippen LogP contribution in [0.2, 0.25) is 0 Å². The maximum atomic E-state index is 11.2. The summed E-state index contributed by atoms with van der Waals surface area (Å²) in [6.45, 7) is 1.92. The van der Waals surface area contributed by atoms with Gasteiger partial charge >= 0.3 is 5.97 Å². The first-order valence-electron chi connectivity index (χ1n) is 6.57. The predicted octanol–water partition coefficient (Wildman–Crippen LogP) is 2.29. The van der Waals surface area contributed by atoms with E-state index in [0.717, 1.165) is 11.8 Å². The molecule has 0 spiro atoms. The Bertz CT molecular complexity index is 619. The lowest BCUT2D eigenvalue weighted by Gasteiger charge is -2.05. The van der Waals surface area contributed by atoms with Crippen molar-refractivity contribution in [1.29, 1.82) is 0 Å². The molecule has 1 atom stereocenters. The van der Waals surface area contributed by atoms with Gasteiger partial charge in [0.15, 0.2) is 0 Å². The molecule has 0 aliphatic heterocycles. The Balaban J connectivity index is 2.03. The van der Waals surface area contributed by atoms with E-state index in [2.05, 4.69) is 14.9 Å². The zero-order valence-corrected chi connectivity index (χ0v) is 11.9. The van der Waals surface area contributed by atoms with Gasteiger partial charge in [-0.3, -0.25) is 9.59 Å². The van der Waals surface area contributed by atoms with Gasteiger partial charge in [-0.25, -0.2) is 0 Å². The van der Waals surface area contributed by atoms with E-state index in [1.165, 1.54) is 7.11 Å². The Morgan fingerprint density at radius 2 is 2.10 bits per heavy atom. The summed E-state index contributed by atoms with van der Waals surface area (Å²) in [7, 11) is 1.36. The monoisotopic (exact) mass is 288 g/mol. The van der Waals surface area contributed by atoms with Crippen LogP contribution in [-0.2, 0) is 16.0 Å². The number of aldehydes is 1. The highest BCUT2D eigenvalue weighted by Gasteiger charge is 2.15. The molecule has 1 aromatic carbocycles. The molecule has 6 heteroatoms. The van der Waals surface area contributed by atoms with Gasteiger partial charge in [-0.2, -0.15) is 4.98 Å². The van der Waals surface area contributed by atoms with Crippen molar-refractivity contribution in [3.8, 4) is 11.4 Å². The Labute approximate surface area is 122 Å². The SMILES string of the molecule is COC(=O)CC(C)Cc1nc(-c2ccc(C=O)cc2)no1. The number of nitrogens with zero attached hydrogens (tertiary/aromatic N) is 2. The van der Waals surface area contributed by atoms with E-state index in [4.69, 9.17) is 4.52 Å². The molecule has 110 valence electrons. The summed E-state index contributed by atoms with van der Waals surface area (Å²) in [6, 6.07) is 6.91. The van der Waals surface area contributed by atoms with E-state index < -0.39 is 0 Å². The van der Waals surface area contributed by atoms with Crippen LogP contribution in [0.25, 0.3) is 11.4 Å². The number of rotatable bonds is 6. The van der Waals surface area contributed by atoms with Crippen LogP contribution in [0.1, 0.15) is 29.6 Å². The predicted molar refractivity (Wildman–Crippen MR) is 74.6 cm³/mol. The van der Waals surface area contributed by atoms with E-state index in [0.29, 0.717) is 30.1 Å². The van der Waals surface area contributed by atoms with Gasteiger partial charge in [0.25, 0.3) is 0 Å². The molecule has 6 nitrogen and oxygen atoms in total. The average molecular weight is 288 g/mol. The van der Waals surface area contributed by atoms with Gasteiger partial charge in [-0.15, -0.1) is 0 Å². The molecule has 0 aliphatic rings. The Morgan fingerprint density at radius 3 is 2.71 bits per heavy atom. The minimum atomic E-state index is -0.258. The van der Waals surface area contributed by atoms with Crippen molar-refractivity contribution in [1.82, 2.24) is 10.1 Å². The lowest BCUT2D eigenvalue weighted by molar-refractivity contribution is -0.141. The molecular weight excluding hydrogens is 272 g/mol. The van der Waals surface area contributed by atoms with Crippen LogP contribution >= 0.6 is 0 Å². The van der Waals surface area contributed by atoms with Crippen LogP contribution in [-0.4, -0.2) is 29.5 Å². The largest absolute Gasteiger partial charge is 0.469 e. The van der Waals surface area contributed by atoms with Gasteiger partial charge in [0, 0.05) is 24.0 Å². The van der Waals surface area contributed by atoms with E-state index in [1.807, 2.05) is 6.92 Å². The van der Waals surface area contributed by atoms with Crippen LogP contribution in [0.3, 0.4) is 0 Å². The molecule has 0 saturated heterocycles. The summed E-state index contributed by atoms with van der Waals surface area (Å²) in [4.78, 5) is 26.1. The van der Waals surface area contributed by atoms with Crippen molar-refractivity contribution in [2.24, 2.45) is 5.92 Å². The van der Waals surface area contributed by atoms with Crippen molar-refractivity contribution < 1.29 is 18.8 Å². The summed E-state index contributed by atoms with van der Waals surface area (Å²) < 4.78 is 9.80. The molecule has 0 N–H and O–H groups in total. The third kappa shape index (κ3) is 3.98. The smallest absolute Gasteiger partial charge is 0.305 e. The van der Waals surface area contributed by atoms with Gasteiger partial charge in [0.1, 0.15) is 6.29 Å². The fourth-order valence-electron chi connectivity index (χ4n) is 1.90. The number of esters is 1. The first kappa shape index (κ1) is 14.9. The van der Waals surface area contributed by atoms with Crippen molar-refractivity contribution >= 4 is 12.3 Å². The van der Waals surface area contributed by atoms with Gasteiger partial charge < -0.3 is 9.26 Å². The standard InChI is InChI=1S/C15H16N2O4/c1-10(8-14(19)20-2)7-13-16-15(17-21-13)12-5-3-11(9-18)4-6-12/h3-6,9-10H,7-8H2,1-2H3. The molecule has 2 aromatic rings. The van der Waals surface area contributed by atoms with Gasteiger partial charge in [0.05, 0.1) is 7.11 Å². The second kappa shape index (κ2) is 6.78. The van der Waals surface area contributed by atoms with Gasteiger partial charge in [0.2, 0.25) is 11.7 Å². The molecule has 0 amide bonds. The highest BCUT2D eigenvalue weighted by Crippen LogP contribution is 2.18. The third-order valence-corrected chi connectivity index (χ3v) is 3.04. The van der Waals surface area contributed by atoms with E-state index >= 15 is 0 Å². The molecule has 1 aromatic heterocycles. The van der Waals surface area contributed by atoms with Crippen LogP contribution < -0.4 is 0 Å². The molecule has 0 fully saturated rings. The quantitative estimate of drug-likeness (QED) is 0.599. The number of carbonyl (C=O) groups excluding carboxylic acids is 2. The number of aromatic nitrogens is 2. The number of methoxy groups -OCH3 is 1. The fourth-order valence-corrected chi connectivity index (χ4v) is 1.90. The van der Waals surface area contributed by atoms with Crippen molar-refractivity contribution in [3.05, 3.63) is 35.7 Å². The number of benzene rings is 1. The van der Waals surface area contributed by atoms with E-state index in [9.17, 15) is 9.59 Å². The lowest BCUT2D eigenvalue weighted by atomic mass is 10.0. The number of carbonyl (C=O) groups is 2. The normalized spacial score (nSPS) is 11.9. The molecule has 1 unspecified atom stereocenters. The van der Waals surface area contributed by atoms with Crippen molar-refractivity contribution in [2.75, 3.05) is 7.11 Å². The van der Waals surface area contributed by atoms with Gasteiger partial charge in [-0.05, 0) is 5.92 Å². The minimum Gasteiger partial charge on any atom is -0.469 e. The summed E-state index contributed by atoms with van der Waals surface area (Å²) in [5.41, 5.74) is 1.37. The Morgan fingerprint density at radius 1 is 1.38 bits per heavy atom. The molecule has 21 heavy (non-hydrogen) atoms. The Hall–Kier alpha value is -2.50. The van der Waals surface area contributed by atoms with Crippen molar-refractivity contribution in [2.45, 2.75) is 19.8 Å². The third-order valence-electron chi connectivity index (χ3n) is 3.04. The first-order chi connectivity index (χ1) is 10.1. The zero-order valence-electron chi connectivity index (χ0n) is 11.9. The van der Waals surface area contributed by atoms with Crippen LogP contribution in [0.4, 0.5) is 0 Å². The van der Waals surface area contributed by atoms with Crippen LogP contribution in [0, 0.1) is 5.92 Å². The molecule has 2 rings (SSSR count). The minimum absolute atomic E-state index is 0.0585. The maximum Gasteiger partial charge on any atom is 0.305 e. The second-order valence-corrected chi connectivity index (χ2v) is 4.84. The summed E-state index contributed by atoms with van der Waals surface area (Å²) in [5.74, 6) is 0.739. The maximum absolute atomic E-state index is 11.2. The summed E-state index contributed by atoms with van der Waals surface area (Å²) in [6.07, 6.45) is 1.59. The molecule has 0 radical (unpaired) electrons. The molecular formula is C15H16N2O4. The fraction of sp³-hybridized carbons (Fsp3) is 0.333. The zero-order chi connectivity index (χ0) is 15.2. The van der Waals surface area contributed by atoms with Gasteiger partial charge in [-0.1, -0.05) is 36.3 Å². The molecule has 1 heterocycles. The lowest BCUT2D eigenvalue weighted by Crippen LogP contribution is -2.09. The summed E-state index contributed by atoms with van der Waals surface area (Å²) in [5, 5.41) is 3.90. The Kier molecular flexibility index (Phi) is 4.81. The van der Waals surface area contributed by atoms with Crippen molar-refractivity contribution in [3.63, 3.8) is 0 Å². The topological polar surface area (TPSA) is 82.3 Å². The average Bonchev–Trinajstić information content (AvgIpc) is 2.95.